The highest BCUT2D eigenvalue weighted by atomic mass is 35.5. The minimum absolute atomic E-state index is 0.108. The second-order valence-corrected chi connectivity index (χ2v) is 4.77. The average molecular weight is 281 g/mol. The summed E-state index contributed by atoms with van der Waals surface area (Å²) in [5, 5.41) is 6.41. The topological polar surface area (TPSA) is 80.9 Å². The maximum absolute atomic E-state index is 12.0. The van der Waals surface area contributed by atoms with Crippen molar-refractivity contribution in [1.82, 2.24) is 15.1 Å². The van der Waals surface area contributed by atoms with Gasteiger partial charge in [0, 0.05) is 12.0 Å². The van der Waals surface area contributed by atoms with E-state index in [9.17, 15) is 4.79 Å². The van der Waals surface area contributed by atoms with Crippen LogP contribution in [-0.4, -0.2) is 21.0 Å². The minimum Gasteiger partial charge on any atom is -0.338 e. The lowest BCUT2D eigenvalue weighted by molar-refractivity contribution is 0.101. The molecule has 0 atom stereocenters. The van der Waals surface area contributed by atoms with Crippen molar-refractivity contribution in [2.24, 2.45) is 0 Å². The second kappa shape index (κ2) is 5.36. The Bertz CT molecular complexity index is 610. The van der Waals surface area contributed by atoms with Gasteiger partial charge in [-0.2, -0.15) is 0 Å². The van der Waals surface area contributed by atoms with Gasteiger partial charge >= 0.3 is 0 Å². The highest BCUT2D eigenvalue weighted by Gasteiger charge is 2.17. The fraction of sp³-hybridized carbons (Fsp3) is 0.333. The third-order valence-electron chi connectivity index (χ3n) is 2.36. The number of nitrogens with zero attached hydrogens (tertiary/aromatic N) is 3. The lowest BCUT2D eigenvalue weighted by Crippen LogP contribution is -2.16. The van der Waals surface area contributed by atoms with E-state index in [1.54, 1.807) is 13.0 Å². The van der Waals surface area contributed by atoms with Crippen LogP contribution in [0.2, 0.25) is 5.02 Å². The number of anilines is 1. The molecule has 0 radical (unpaired) electrons. The second-order valence-electron chi connectivity index (χ2n) is 4.37. The van der Waals surface area contributed by atoms with E-state index in [2.05, 4.69) is 20.4 Å². The van der Waals surface area contributed by atoms with Gasteiger partial charge in [-0.1, -0.05) is 30.6 Å². The van der Waals surface area contributed by atoms with Crippen LogP contribution >= 0.6 is 11.6 Å². The molecule has 0 bridgehead atoms. The van der Waals surface area contributed by atoms with Crippen LogP contribution in [0.4, 0.5) is 5.88 Å². The Morgan fingerprint density at radius 3 is 2.79 bits per heavy atom. The number of hydrogen-bond donors (Lipinski definition) is 1. The van der Waals surface area contributed by atoms with Gasteiger partial charge in [-0.05, 0) is 6.92 Å². The Morgan fingerprint density at radius 1 is 1.47 bits per heavy atom. The first kappa shape index (κ1) is 13.5. The molecule has 2 rings (SSSR count). The standard InChI is InChI=1S/C12H13ClN4O2/c1-6(2)11-14-5-8(13)10(16-11)12(18)15-9-4-7(3)17-19-9/h4-6H,1-3H3,(H,15,18). The van der Waals surface area contributed by atoms with Gasteiger partial charge in [0.15, 0.2) is 5.69 Å². The normalized spacial score (nSPS) is 10.8. The monoisotopic (exact) mass is 280 g/mol. The van der Waals surface area contributed by atoms with E-state index in [4.69, 9.17) is 16.1 Å². The van der Waals surface area contributed by atoms with Crippen LogP contribution in [0.5, 0.6) is 0 Å². The molecule has 0 unspecified atom stereocenters. The molecule has 0 saturated carbocycles. The smallest absolute Gasteiger partial charge is 0.278 e. The van der Waals surface area contributed by atoms with E-state index < -0.39 is 5.91 Å². The molecule has 0 aliphatic carbocycles. The van der Waals surface area contributed by atoms with Crippen molar-refractivity contribution in [1.29, 1.82) is 0 Å². The summed E-state index contributed by atoms with van der Waals surface area (Å²) >= 11 is 5.94. The zero-order valence-electron chi connectivity index (χ0n) is 10.8. The molecule has 1 N–H and O–H groups in total. The van der Waals surface area contributed by atoms with Crippen LogP contribution in [0.1, 0.15) is 41.8 Å². The van der Waals surface area contributed by atoms with Crippen molar-refractivity contribution in [2.75, 3.05) is 5.32 Å². The Labute approximate surface area is 115 Å². The number of hydrogen-bond acceptors (Lipinski definition) is 5. The lowest BCUT2D eigenvalue weighted by Gasteiger charge is -2.07. The average Bonchev–Trinajstić information content (AvgIpc) is 2.74. The van der Waals surface area contributed by atoms with E-state index in [1.807, 2.05) is 13.8 Å². The molecule has 2 aromatic heterocycles. The predicted molar refractivity (Wildman–Crippen MR) is 70.3 cm³/mol. The summed E-state index contributed by atoms with van der Waals surface area (Å²) in [7, 11) is 0. The number of carbonyl (C=O) groups is 1. The van der Waals surface area contributed by atoms with Crippen molar-refractivity contribution in [3.05, 3.63) is 34.5 Å². The largest absolute Gasteiger partial charge is 0.338 e. The molecule has 0 aromatic carbocycles. The van der Waals surface area contributed by atoms with E-state index >= 15 is 0 Å². The summed E-state index contributed by atoms with van der Waals surface area (Å²) in [5.41, 5.74) is 0.793. The fourth-order valence-electron chi connectivity index (χ4n) is 1.41. The third kappa shape index (κ3) is 3.08. The summed E-state index contributed by atoms with van der Waals surface area (Å²) in [4.78, 5) is 20.3. The zero-order chi connectivity index (χ0) is 14.0. The van der Waals surface area contributed by atoms with Crippen molar-refractivity contribution >= 4 is 23.4 Å². The molecule has 0 fully saturated rings. The van der Waals surface area contributed by atoms with Gasteiger partial charge in [0.05, 0.1) is 16.9 Å². The van der Waals surface area contributed by atoms with Crippen LogP contribution in [0.25, 0.3) is 0 Å². The number of amides is 1. The van der Waals surface area contributed by atoms with Crippen LogP contribution in [-0.2, 0) is 0 Å². The summed E-state index contributed by atoms with van der Waals surface area (Å²) in [5.74, 6) is 0.466. The maximum atomic E-state index is 12.0. The highest BCUT2D eigenvalue weighted by Crippen LogP contribution is 2.18. The SMILES string of the molecule is Cc1cc(NC(=O)c2nc(C(C)C)ncc2Cl)on1. The quantitative estimate of drug-likeness (QED) is 0.935. The van der Waals surface area contributed by atoms with Gasteiger partial charge in [-0.25, -0.2) is 9.97 Å². The molecule has 0 saturated heterocycles. The number of aromatic nitrogens is 3. The Balaban J connectivity index is 2.25. The molecule has 7 heteroatoms. The molecule has 0 aliphatic rings. The van der Waals surface area contributed by atoms with E-state index in [0.717, 1.165) is 0 Å². The number of nitrogens with one attached hydrogen (secondary N) is 1. The molecule has 2 heterocycles. The van der Waals surface area contributed by atoms with Gasteiger partial charge in [-0.15, -0.1) is 0 Å². The molecule has 0 spiro atoms. The molecular formula is C12H13ClN4O2. The van der Waals surface area contributed by atoms with E-state index in [0.29, 0.717) is 11.5 Å². The zero-order valence-corrected chi connectivity index (χ0v) is 11.5. The van der Waals surface area contributed by atoms with Crippen LogP contribution in [0.3, 0.4) is 0 Å². The summed E-state index contributed by atoms with van der Waals surface area (Å²) in [6.07, 6.45) is 1.42. The first-order valence-electron chi connectivity index (χ1n) is 5.74. The molecule has 1 amide bonds. The van der Waals surface area contributed by atoms with Gasteiger partial charge in [0.25, 0.3) is 5.91 Å². The third-order valence-corrected chi connectivity index (χ3v) is 2.64. The Hall–Kier alpha value is -1.95. The van der Waals surface area contributed by atoms with Crippen molar-refractivity contribution in [3.8, 4) is 0 Å². The molecule has 0 aliphatic heterocycles. The number of aryl methyl sites for hydroxylation is 1. The molecular weight excluding hydrogens is 268 g/mol. The minimum atomic E-state index is -0.453. The van der Waals surface area contributed by atoms with Crippen LogP contribution < -0.4 is 5.32 Å². The van der Waals surface area contributed by atoms with Crippen LogP contribution in [0, 0.1) is 6.92 Å². The van der Waals surface area contributed by atoms with Gasteiger partial charge in [-0.3, -0.25) is 10.1 Å². The van der Waals surface area contributed by atoms with Crippen molar-refractivity contribution in [3.63, 3.8) is 0 Å². The van der Waals surface area contributed by atoms with Gasteiger partial charge in [0.2, 0.25) is 5.88 Å². The molecule has 19 heavy (non-hydrogen) atoms. The summed E-state index contributed by atoms with van der Waals surface area (Å²) < 4.78 is 4.91. The number of carbonyl (C=O) groups excluding carboxylic acids is 1. The number of halogens is 1. The first-order chi connectivity index (χ1) is 8.97. The Kier molecular flexibility index (Phi) is 3.80. The fourth-order valence-corrected chi connectivity index (χ4v) is 1.59. The van der Waals surface area contributed by atoms with Gasteiger partial charge in [0.1, 0.15) is 5.82 Å². The highest BCUT2D eigenvalue weighted by molar-refractivity contribution is 6.33. The van der Waals surface area contributed by atoms with Gasteiger partial charge < -0.3 is 4.52 Å². The lowest BCUT2D eigenvalue weighted by atomic mass is 10.2. The molecule has 2 aromatic rings. The van der Waals surface area contributed by atoms with E-state index in [1.165, 1.54) is 6.20 Å². The van der Waals surface area contributed by atoms with Crippen molar-refractivity contribution in [2.45, 2.75) is 26.7 Å². The number of rotatable bonds is 3. The Morgan fingerprint density at radius 2 is 2.21 bits per heavy atom. The maximum Gasteiger partial charge on any atom is 0.278 e. The molecule has 100 valence electrons. The summed E-state index contributed by atoms with van der Waals surface area (Å²) in [6.45, 7) is 5.63. The van der Waals surface area contributed by atoms with E-state index in [-0.39, 0.29) is 22.5 Å². The summed E-state index contributed by atoms with van der Waals surface area (Å²) in [6, 6.07) is 1.61. The first-order valence-corrected chi connectivity index (χ1v) is 6.12. The van der Waals surface area contributed by atoms with Crippen molar-refractivity contribution < 1.29 is 9.32 Å². The predicted octanol–water partition coefficient (Wildman–Crippen LogP) is 2.80. The van der Waals surface area contributed by atoms with Crippen LogP contribution in [0.15, 0.2) is 16.8 Å². The molecule has 6 nitrogen and oxygen atoms in total.